The summed E-state index contributed by atoms with van der Waals surface area (Å²) in [5.41, 5.74) is 0.627. The van der Waals surface area contributed by atoms with Crippen LogP contribution in [0.15, 0.2) is 9.85 Å². The Morgan fingerprint density at radius 3 is 2.32 bits per heavy atom. The number of ether oxygens (including phenoxy) is 1. The van der Waals surface area contributed by atoms with Gasteiger partial charge < -0.3 is 9.64 Å². The number of thiophene rings is 1. The molecule has 1 amide bonds. The molecule has 8 heteroatoms. The molecule has 0 N–H and O–H groups in total. The molecule has 0 atom stereocenters. The van der Waals surface area contributed by atoms with E-state index in [4.69, 9.17) is 4.74 Å². The van der Waals surface area contributed by atoms with Gasteiger partial charge in [-0.25, -0.2) is 4.79 Å². The van der Waals surface area contributed by atoms with Crippen LogP contribution in [0.25, 0.3) is 0 Å². The van der Waals surface area contributed by atoms with Gasteiger partial charge in [-0.1, -0.05) is 6.92 Å². The average molecular weight is 512 g/mol. The fraction of sp³-hybridized carbons (Fsp3) is 0.650. The smallest absolute Gasteiger partial charge is 0.350 e. The molecule has 28 heavy (non-hydrogen) atoms. The second-order valence-electron chi connectivity index (χ2n) is 7.69. The number of carbonyl (C=O) groups is 3. The van der Waals surface area contributed by atoms with Crippen LogP contribution >= 0.6 is 27.3 Å². The molecule has 1 heterocycles. The zero-order chi connectivity index (χ0) is 19.6. The van der Waals surface area contributed by atoms with E-state index in [1.54, 1.807) is 0 Å². The monoisotopic (exact) mass is 511 g/mol. The van der Waals surface area contributed by atoms with Crippen LogP contribution in [-0.2, 0) is 31.4 Å². The summed E-state index contributed by atoms with van der Waals surface area (Å²) in [6, 6.07) is 1.80. The van der Waals surface area contributed by atoms with Crippen molar-refractivity contribution in [3.8, 4) is 0 Å². The summed E-state index contributed by atoms with van der Waals surface area (Å²) in [4.78, 5) is 39.8. The van der Waals surface area contributed by atoms with Gasteiger partial charge >= 0.3 is 5.97 Å². The van der Waals surface area contributed by atoms with E-state index in [1.807, 2.05) is 11.0 Å². The first-order valence-electron chi connectivity index (χ1n) is 9.63. The molecule has 2 saturated carbocycles. The number of amides is 1. The number of halogens is 1. The van der Waals surface area contributed by atoms with Gasteiger partial charge in [-0.15, -0.1) is 11.3 Å². The maximum absolute atomic E-state index is 13.5. The second kappa shape index (κ2) is 10.4. The van der Waals surface area contributed by atoms with E-state index in [9.17, 15) is 14.4 Å². The third kappa shape index (κ3) is 5.26. The summed E-state index contributed by atoms with van der Waals surface area (Å²) in [6.45, 7) is 2.23. The molecule has 2 aliphatic rings. The third-order valence-corrected chi connectivity index (χ3v) is 7.40. The predicted molar refractivity (Wildman–Crippen MR) is 109 cm³/mol. The molecule has 0 spiro atoms. The molecule has 2 fully saturated rings. The van der Waals surface area contributed by atoms with E-state index in [-0.39, 0.29) is 40.7 Å². The summed E-state index contributed by atoms with van der Waals surface area (Å²) in [6.07, 6.45) is 6.20. The first kappa shape index (κ1) is 23.6. The van der Waals surface area contributed by atoms with Crippen LogP contribution in [0.5, 0.6) is 0 Å². The van der Waals surface area contributed by atoms with E-state index in [0.29, 0.717) is 42.2 Å². The van der Waals surface area contributed by atoms with Crippen LogP contribution in [0.4, 0.5) is 5.69 Å². The van der Waals surface area contributed by atoms with Crippen molar-refractivity contribution in [1.29, 1.82) is 0 Å². The topological polar surface area (TPSA) is 63.7 Å². The van der Waals surface area contributed by atoms with Crippen molar-refractivity contribution in [2.45, 2.75) is 64.3 Å². The Kier molecular flexibility index (Phi) is 8.74. The number of nitrogens with zero attached hydrogens (tertiary/aromatic N) is 1. The minimum absolute atomic E-state index is 0. The van der Waals surface area contributed by atoms with Crippen molar-refractivity contribution in [2.75, 3.05) is 12.0 Å². The molecule has 0 aliphatic heterocycles. The Morgan fingerprint density at radius 1 is 1.14 bits per heavy atom. The van der Waals surface area contributed by atoms with Crippen LogP contribution in [0.2, 0.25) is 0 Å². The minimum atomic E-state index is -0.428. The molecule has 0 saturated heterocycles. The van der Waals surface area contributed by atoms with Gasteiger partial charge in [-0.05, 0) is 66.4 Å². The molecule has 0 unspecified atom stereocenters. The third-order valence-electron chi connectivity index (χ3n) is 5.79. The van der Waals surface area contributed by atoms with E-state index < -0.39 is 5.97 Å². The van der Waals surface area contributed by atoms with Crippen LogP contribution in [0.3, 0.4) is 0 Å². The normalized spacial score (nSPS) is 23.0. The number of methoxy groups -OCH3 is 1. The van der Waals surface area contributed by atoms with Crippen LogP contribution < -0.4 is 4.90 Å². The fourth-order valence-corrected chi connectivity index (χ4v) is 5.65. The number of anilines is 1. The summed E-state index contributed by atoms with van der Waals surface area (Å²) < 4.78 is 5.73. The van der Waals surface area contributed by atoms with Gasteiger partial charge in [0.1, 0.15) is 10.7 Å². The van der Waals surface area contributed by atoms with E-state index in [0.717, 1.165) is 29.5 Å². The first-order valence-corrected chi connectivity index (χ1v) is 11.2. The molecule has 5 nitrogen and oxygen atoms in total. The molecular weight excluding hydrogens is 486 g/mol. The Balaban J connectivity index is 0.00000280. The quantitative estimate of drug-likeness (QED) is 0.423. The summed E-state index contributed by atoms with van der Waals surface area (Å²) in [7, 11) is 1.35. The van der Waals surface area contributed by atoms with Gasteiger partial charge in [-0.3, -0.25) is 9.59 Å². The summed E-state index contributed by atoms with van der Waals surface area (Å²) >= 11 is 4.74. The molecule has 2 aliphatic carbocycles. The van der Waals surface area contributed by atoms with Crippen molar-refractivity contribution in [3.05, 3.63) is 14.7 Å². The van der Waals surface area contributed by atoms with Crippen LogP contribution in [0.1, 0.15) is 68.0 Å². The molecule has 156 valence electrons. The van der Waals surface area contributed by atoms with E-state index >= 15 is 0 Å². The van der Waals surface area contributed by atoms with Crippen molar-refractivity contribution >= 4 is 50.6 Å². The van der Waals surface area contributed by atoms with Crippen LogP contribution in [-0.4, -0.2) is 30.8 Å². The number of carbonyl (C=O) groups excluding carboxylic acids is 3. The van der Waals surface area contributed by atoms with Crippen molar-refractivity contribution in [3.63, 3.8) is 0 Å². The number of hydrogen-bond donors (Lipinski definition) is 0. The van der Waals surface area contributed by atoms with Gasteiger partial charge in [-0.2, -0.15) is 0 Å². The number of hydrogen-bond acceptors (Lipinski definition) is 5. The van der Waals surface area contributed by atoms with Gasteiger partial charge in [0.15, 0.2) is 0 Å². The first-order chi connectivity index (χ1) is 12.9. The Labute approximate surface area is 189 Å². The maximum atomic E-state index is 13.5. The van der Waals surface area contributed by atoms with Gasteiger partial charge in [0.05, 0.1) is 16.6 Å². The Morgan fingerprint density at radius 2 is 1.75 bits per heavy atom. The SMILES string of the molecule is COC(=O)c1sc(Br)cc1N(C(=O)C1CCC(C)CC1)C1CCC(=O)CC1.[Fe]. The summed E-state index contributed by atoms with van der Waals surface area (Å²) in [5, 5.41) is 0. The van der Waals surface area contributed by atoms with Crippen LogP contribution in [0, 0.1) is 11.8 Å². The fourth-order valence-electron chi connectivity index (χ4n) is 4.15. The number of Topliss-reactive ketones (excluding diaryl/α,β-unsaturated/α-hetero) is 1. The van der Waals surface area contributed by atoms with Crippen molar-refractivity contribution < 1.29 is 36.2 Å². The molecule has 3 rings (SSSR count). The maximum Gasteiger partial charge on any atom is 0.350 e. The van der Waals surface area contributed by atoms with Gasteiger partial charge in [0.25, 0.3) is 0 Å². The zero-order valence-electron chi connectivity index (χ0n) is 16.2. The zero-order valence-corrected chi connectivity index (χ0v) is 19.7. The average Bonchev–Trinajstić information content (AvgIpc) is 3.04. The van der Waals surface area contributed by atoms with Gasteiger partial charge in [0, 0.05) is 41.9 Å². The van der Waals surface area contributed by atoms with E-state index in [1.165, 1.54) is 18.4 Å². The standard InChI is InChI=1S/C20H26BrNO4S.Fe/c1-12-3-5-13(6-4-12)19(24)22(14-7-9-15(23)10-8-14)16-11-17(21)27-18(16)20(25)26-2;/h11-14H,3-10H2,1-2H3;. The molecular formula is C20H26BrFeNO4S. The summed E-state index contributed by atoms with van der Waals surface area (Å²) in [5.74, 6) is 0.572. The number of rotatable bonds is 4. The Bertz CT molecular complexity index is 720. The molecule has 0 radical (unpaired) electrons. The number of esters is 1. The molecule has 0 aromatic carbocycles. The van der Waals surface area contributed by atoms with Crippen molar-refractivity contribution in [2.24, 2.45) is 11.8 Å². The molecule has 1 aromatic rings. The van der Waals surface area contributed by atoms with Gasteiger partial charge in [0.2, 0.25) is 5.91 Å². The minimum Gasteiger partial charge on any atom is -0.465 e. The molecule has 1 aromatic heterocycles. The predicted octanol–water partition coefficient (Wildman–Crippen LogP) is 4.97. The molecule has 0 bridgehead atoms. The Hall–Kier alpha value is -0.691. The van der Waals surface area contributed by atoms with E-state index in [2.05, 4.69) is 22.9 Å². The second-order valence-corrected chi connectivity index (χ2v) is 10.1. The largest absolute Gasteiger partial charge is 0.465 e. The number of ketones is 1. The van der Waals surface area contributed by atoms with Crippen molar-refractivity contribution in [1.82, 2.24) is 0 Å².